The number of rotatable bonds is 3. The van der Waals surface area contributed by atoms with E-state index in [0.29, 0.717) is 0 Å². The molecule has 0 aliphatic carbocycles. The van der Waals surface area contributed by atoms with Crippen LogP contribution in [0.4, 0.5) is 0 Å². The molecule has 0 spiro atoms. The summed E-state index contributed by atoms with van der Waals surface area (Å²) in [4.78, 5) is 0. The van der Waals surface area contributed by atoms with Gasteiger partial charge in [0.25, 0.3) is 0 Å². The summed E-state index contributed by atoms with van der Waals surface area (Å²) in [6.45, 7) is 15.8. The Morgan fingerprint density at radius 3 is 1.90 bits per heavy atom. The maximum absolute atomic E-state index is 4.92. The third-order valence-electron chi connectivity index (χ3n) is 5.60. The number of benzene rings is 1. The molecule has 1 aromatic heterocycles. The molecule has 0 fully saturated rings. The van der Waals surface area contributed by atoms with Gasteiger partial charge in [-0.1, -0.05) is 20.8 Å². The monoisotopic (exact) mass is 272 g/mol. The molecule has 2 nitrogen and oxygen atoms in total. The normalized spacial score (nSPS) is 12.4. The average molecular weight is 272 g/mol. The third kappa shape index (κ3) is 1.88. The van der Waals surface area contributed by atoms with Crippen molar-refractivity contribution in [3.63, 3.8) is 0 Å². The Bertz CT molecular complexity index is 658. The highest BCUT2D eigenvalue weighted by atomic mass is 15.3. The van der Waals surface area contributed by atoms with Crippen LogP contribution in [-0.4, -0.2) is 9.78 Å². The van der Waals surface area contributed by atoms with E-state index >= 15 is 0 Å². The summed E-state index contributed by atoms with van der Waals surface area (Å²) < 4.78 is 2.09. The van der Waals surface area contributed by atoms with Gasteiger partial charge in [-0.15, -0.1) is 0 Å². The van der Waals surface area contributed by atoms with Crippen molar-refractivity contribution in [2.24, 2.45) is 7.05 Å². The molecule has 0 aliphatic heterocycles. The maximum atomic E-state index is 4.92. The summed E-state index contributed by atoms with van der Waals surface area (Å²) >= 11 is 0. The molecule has 0 radical (unpaired) electrons. The average Bonchev–Trinajstić information content (AvgIpc) is 2.80. The minimum Gasteiger partial charge on any atom is -0.267 e. The molecule has 1 aromatic carbocycles. The van der Waals surface area contributed by atoms with E-state index in [4.69, 9.17) is 5.10 Å². The van der Waals surface area contributed by atoms with Gasteiger partial charge in [-0.3, -0.25) is 4.68 Å². The Hall–Kier alpha value is -1.31. The van der Waals surface area contributed by atoms with Crippen molar-refractivity contribution in [1.82, 2.24) is 9.78 Å². The summed E-state index contributed by atoms with van der Waals surface area (Å²) in [5.41, 5.74) is 8.35. The maximum Gasteiger partial charge on any atom is 0.0764 e. The molecule has 0 aliphatic rings. The minimum atomic E-state index is 0.165. The quantitative estimate of drug-likeness (QED) is 0.778. The van der Waals surface area contributed by atoms with Crippen LogP contribution >= 0.6 is 0 Å². The highest BCUT2D eigenvalue weighted by Crippen LogP contribution is 2.39. The Labute approximate surface area is 123 Å². The van der Waals surface area contributed by atoms with Gasteiger partial charge in [0.2, 0.25) is 0 Å². The predicted molar refractivity (Wildman–Crippen MR) is 87.6 cm³/mol. The molecular formula is C18H28N2. The highest BCUT2D eigenvalue weighted by molar-refractivity contribution is 5.91. The summed E-state index contributed by atoms with van der Waals surface area (Å²) in [5, 5.41) is 6.31. The smallest absolute Gasteiger partial charge is 0.0764 e. The first kappa shape index (κ1) is 15.1. The van der Waals surface area contributed by atoms with Crippen molar-refractivity contribution in [3.05, 3.63) is 27.9 Å². The molecule has 0 N–H and O–H groups in total. The van der Waals surface area contributed by atoms with Gasteiger partial charge in [-0.2, -0.15) is 5.10 Å². The zero-order chi connectivity index (χ0) is 15.2. The van der Waals surface area contributed by atoms with E-state index < -0.39 is 0 Å². The van der Waals surface area contributed by atoms with E-state index in [0.717, 1.165) is 12.8 Å². The van der Waals surface area contributed by atoms with E-state index in [1.54, 1.807) is 0 Å². The largest absolute Gasteiger partial charge is 0.267 e. The van der Waals surface area contributed by atoms with E-state index in [9.17, 15) is 0 Å². The van der Waals surface area contributed by atoms with E-state index in [1.807, 2.05) is 0 Å². The van der Waals surface area contributed by atoms with E-state index in [-0.39, 0.29) is 5.41 Å². The summed E-state index contributed by atoms with van der Waals surface area (Å²) in [6, 6.07) is 0. The molecule has 0 atom stereocenters. The molecule has 20 heavy (non-hydrogen) atoms. The SMILES string of the molecule is CCC(C)(CC)c1nn(C)c2c(C)c(C)c(C)c(C)c12. The topological polar surface area (TPSA) is 17.8 Å². The lowest BCUT2D eigenvalue weighted by Crippen LogP contribution is -2.21. The lowest BCUT2D eigenvalue weighted by molar-refractivity contribution is 0.424. The van der Waals surface area contributed by atoms with Crippen LogP contribution < -0.4 is 0 Å². The van der Waals surface area contributed by atoms with Gasteiger partial charge in [0.15, 0.2) is 0 Å². The summed E-state index contributed by atoms with van der Waals surface area (Å²) in [6.07, 6.45) is 2.25. The number of hydrogen-bond acceptors (Lipinski definition) is 1. The number of aromatic nitrogens is 2. The zero-order valence-corrected chi connectivity index (χ0v) is 14.3. The van der Waals surface area contributed by atoms with Crippen molar-refractivity contribution >= 4 is 10.9 Å². The fourth-order valence-corrected chi connectivity index (χ4v) is 3.24. The Balaban J connectivity index is 2.97. The molecule has 2 heteroatoms. The van der Waals surface area contributed by atoms with Crippen LogP contribution in [0, 0.1) is 27.7 Å². The van der Waals surface area contributed by atoms with Gasteiger partial charge in [-0.05, 0) is 62.8 Å². The number of hydrogen-bond donors (Lipinski definition) is 0. The second kappa shape index (κ2) is 4.91. The van der Waals surface area contributed by atoms with Crippen LogP contribution in [0.5, 0.6) is 0 Å². The van der Waals surface area contributed by atoms with Crippen LogP contribution in [-0.2, 0) is 12.5 Å². The molecule has 2 rings (SSSR count). The zero-order valence-electron chi connectivity index (χ0n) is 14.3. The number of aryl methyl sites for hydroxylation is 3. The summed E-state index contributed by atoms with van der Waals surface area (Å²) in [7, 11) is 2.08. The molecule has 0 unspecified atom stereocenters. The van der Waals surface area contributed by atoms with Gasteiger partial charge in [0.1, 0.15) is 0 Å². The van der Waals surface area contributed by atoms with E-state index in [2.05, 4.69) is 60.2 Å². The predicted octanol–water partition coefficient (Wildman–Crippen LogP) is 4.88. The van der Waals surface area contributed by atoms with Crippen LogP contribution in [0.3, 0.4) is 0 Å². The van der Waals surface area contributed by atoms with Gasteiger partial charge in [0, 0.05) is 17.8 Å². The number of nitrogens with zero attached hydrogens (tertiary/aromatic N) is 2. The lowest BCUT2D eigenvalue weighted by Gasteiger charge is -2.25. The molecular weight excluding hydrogens is 244 g/mol. The van der Waals surface area contributed by atoms with Crippen molar-refractivity contribution < 1.29 is 0 Å². The fraction of sp³-hybridized carbons (Fsp3) is 0.611. The molecule has 1 heterocycles. The lowest BCUT2D eigenvalue weighted by atomic mass is 9.78. The van der Waals surface area contributed by atoms with Gasteiger partial charge in [0.05, 0.1) is 11.2 Å². The van der Waals surface area contributed by atoms with Crippen molar-refractivity contribution in [2.45, 2.75) is 66.7 Å². The van der Waals surface area contributed by atoms with Crippen LogP contribution in [0.15, 0.2) is 0 Å². The molecule has 110 valence electrons. The van der Waals surface area contributed by atoms with Crippen molar-refractivity contribution in [2.75, 3.05) is 0 Å². The Morgan fingerprint density at radius 1 is 0.900 bits per heavy atom. The first-order valence-corrected chi connectivity index (χ1v) is 7.72. The molecule has 0 saturated carbocycles. The molecule has 2 aromatic rings. The van der Waals surface area contributed by atoms with Gasteiger partial charge < -0.3 is 0 Å². The molecule has 0 saturated heterocycles. The fourth-order valence-electron chi connectivity index (χ4n) is 3.24. The minimum absolute atomic E-state index is 0.165. The van der Waals surface area contributed by atoms with Gasteiger partial charge in [-0.25, -0.2) is 0 Å². The van der Waals surface area contributed by atoms with Crippen LogP contribution in [0.2, 0.25) is 0 Å². The third-order valence-corrected chi connectivity index (χ3v) is 5.60. The Morgan fingerprint density at radius 2 is 1.40 bits per heavy atom. The van der Waals surface area contributed by atoms with E-state index in [1.165, 1.54) is 38.9 Å². The number of fused-ring (bicyclic) bond motifs is 1. The first-order chi connectivity index (χ1) is 9.28. The first-order valence-electron chi connectivity index (χ1n) is 7.72. The standard InChI is InChI=1S/C18H28N2/c1-9-18(7,10-2)17-15-13(5)11(3)12(4)14(6)16(15)20(8)19-17/h9-10H2,1-8H3. The van der Waals surface area contributed by atoms with Crippen molar-refractivity contribution in [3.8, 4) is 0 Å². The van der Waals surface area contributed by atoms with Crippen LogP contribution in [0.25, 0.3) is 10.9 Å². The second-order valence-electron chi connectivity index (χ2n) is 6.46. The molecule has 0 amide bonds. The second-order valence-corrected chi connectivity index (χ2v) is 6.46. The Kier molecular flexibility index (Phi) is 3.70. The van der Waals surface area contributed by atoms with Crippen molar-refractivity contribution in [1.29, 1.82) is 0 Å². The highest BCUT2D eigenvalue weighted by Gasteiger charge is 2.30. The van der Waals surface area contributed by atoms with Crippen LogP contribution in [0.1, 0.15) is 61.6 Å². The summed E-state index contributed by atoms with van der Waals surface area (Å²) in [5.74, 6) is 0. The van der Waals surface area contributed by atoms with Gasteiger partial charge >= 0.3 is 0 Å². The molecule has 0 bridgehead atoms.